The number of nitrogens with zero attached hydrogens (tertiary/aromatic N) is 1. The number of anilines is 1. The van der Waals surface area contributed by atoms with Crippen LogP contribution in [-0.4, -0.2) is 30.3 Å². The number of halogens is 1. The smallest absolute Gasteiger partial charge is 0.273 e. The van der Waals surface area contributed by atoms with Crippen LogP contribution >= 0.6 is 0 Å². The molecule has 0 saturated heterocycles. The minimum Gasteiger partial charge on any atom is -0.497 e. The number of ether oxygens (including phenoxy) is 2. The van der Waals surface area contributed by atoms with Crippen LogP contribution in [0.1, 0.15) is 10.5 Å². The first-order valence-corrected chi connectivity index (χ1v) is 7.45. The van der Waals surface area contributed by atoms with E-state index in [0.717, 1.165) is 0 Å². The van der Waals surface area contributed by atoms with Crippen molar-refractivity contribution >= 4 is 11.6 Å². The molecule has 0 aliphatic rings. The lowest BCUT2D eigenvalue weighted by molar-refractivity contribution is 0.102. The van der Waals surface area contributed by atoms with Gasteiger partial charge in [-0.15, -0.1) is 0 Å². The number of carbonyl (C=O) groups is 1. The lowest BCUT2D eigenvalue weighted by atomic mass is 10.1. The van der Waals surface area contributed by atoms with Crippen molar-refractivity contribution in [3.8, 4) is 22.8 Å². The second-order valence-electron chi connectivity index (χ2n) is 5.23. The zero-order valence-electron chi connectivity index (χ0n) is 13.7. The van der Waals surface area contributed by atoms with Gasteiger partial charge < -0.3 is 14.8 Å². The summed E-state index contributed by atoms with van der Waals surface area (Å²) in [5.74, 6) is 0.429. The van der Waals surface area contributed by atoms with Gasteiger partial charge in [0.15, 0.2) is 0 Å². The maximum absolute atomic E-state index is 13.0. The minimum absolute atomic E-state index is 0.279. The van der Waals surface area contributed by atoms with E-state index in [1.54, 1.807) is 36.4 Å². The number of carbonyl (C=O) groups excluding carboxylic acids is 1. The first-order chi connectivity index (χ1) is 12.1. The van der Waals surface area contributed by atoms with Crippen LogP contribution in [0.2, 0.25) is 0 Å². The van der Waals surface area contributed by atoms with Gasteiger partial charge in [0.1, 0.15) is 23.0 Å². The van der Waals surface area contributed by atoms with Crippen LogP contribution < -0.4 is 14.8 Å². The molecule has 0 fully saturated rings. The van der Waals surface area contributed by atoms with Gasteiger partial charge in [0, 0.05) is 29.4 Å². The van der Waals surface area contributed by atoms with E-state index in [0.29, 0.717) is 28.4 Å². The molecular formula is C18H16FN3O3. The molecule has 2 N–H and O–H groups in total. The number of rotatable bonds is 5. The largest absolute Gasteiger partial charge is 0.497 e. The average Bonchev–Trinajstić information content (AvgIpc) is 3.12. The number of hydrogen-bond acceptors (Lipinski definition) is 4. The molecule has 1 amide bonds. The number of methoxy groups -OCH3 is 2. The van der Waals surface area contributed by atoms with Crippen LogP contribution in [0, 0.1) is 5.82 Å². The second kappa shape index (κ2) is 7.04. The second-order valence-corrected chi connectivity index (χ2v) is 5.23. The Morgan fingerprint density at radius 2 is 1.68 bits per heavy atom. The van der Waals surface area contributed by atoms with Crippen LogP contribution in [0.4, 0.5) is 10.1 Å². The van der Waals surface area contributed by atoms with E-state index in [-0.39, 0.29) is 17.4 Å². The Kier molecular flexibility index (Phi) is 4.65. The number of hydrogen-bond donors (Lipinski definition) is 2. The average molecular weight is 341 g/mol. The lowest BCUT2D eigenvalue weighted by Gasteiger charge is -2.09. The van der Waals surface area contributed by atoms with Crippen LogP contribution in [0.5, 0.6) is 11.5 Å². The highest BCUT2D eigenvalue weighted by atomic mass is 19.1. The molecule has 128 valence electrons. The Bertz CT molecular complexity index is 869. The summed E-state index contributed by atoms with van der Waals surface area (Å²) >= 11 is 0. The van der Waals surface area contributed by atoms with Crippen molar-refractivity contribution in [3.05, 3.63) is 60.0 Å². The maximum Gasteiger partial charge on any atom is 0.273 e. The molecule has 2 aromatic carbocycles. The van der Waals surface area contributed by atoms with Gasteiger partial charge in [0.25, 0.3) is 5.91 Å². The molecule has 0 saturated carbocycles. The molecule has 0 aliphatic heterocycles. The Morgan fingerprint density at radius 1 is 1.04 bits per heavy atom. The number of nitrogens with one attached hydrogen (secondary N) is 2. The highest BCUT2D eigenvalue weighted by Crippen LogP contribution is 2.26. The summed E-state index contributed by atoms with van der Waals surface area (Å²) in [5.41, 5.74) is 2.06. The van der Waals surface area contributed by atoms with Crippen LogP contribution in [0.15, 0.2) is 48.5 Å². The zero-order valence-corrected chi connectivity index (χ0v) is 13.7. The van der Waals surface area contributed by atoms with E-state index in [4.69, 9.17) is 9.47 Å². The van der Waals surface area contributed by atoms with Crippen molar-refractivity contribution in [2.75, 3.05) is 19.5 Å². The Morgan fingerprint density at radius 3 is 2.28 bits per heavy atom. The zero-order chi connectivity index (χ0) is 17.8. The number of aromatic amines is 1. The van der Waals surface area contributed by atoms with Gasteiger partial charge in [-0.3, -0.25) is 9.89 Å². The van der Waals surface area contributed by atoms with Gasteiger partial charge >= 0.3 is 0 Å². The van der Waals surface area contributed by atoms with Crippen LogP contribution in [-0.2, 0) is 0 Å². The molecule has 0 bridgehead atoms. The summed E-state index contributed by atoms with van der Waals surface area (Å²) in [6.07, 6.45) is 0. The number of aromatic nitrogens is 2. The van der Waals surface area contributed by atoms with Crippen molar-refractivity contribution in [2.45, 2.75) is 0 Å². The number of benzene rings is 2. The molecule has 3 aromatic rings. The van der Waals surface area contributed by atoms with Crippen molar-refractivity contribution in [3.63, 3.8) is 0 Å². The van der Waals surface area contributed by atoms with E-state index in [1.807, 2.05) is 0 Å². The number of amides is 1. The molecule has 6 nitrogen and oxygen atoms in total. The third-order valence-corrected chi connectivity index (χ3v) is 3.57. The Labute approximate surface area is 143 Å². The summed E-state index contributed by atoms with van der Waals surface area (Å²) < 4.78 is 23.3. The Hall–Kier alpha value is -3.35. The van der Waals surface area contributed by atoms with Crippen molar-refractivity contribution < 1.29 is 18.7 Å². The fourth-order valence-corrected chi connectivity index (χ4v) is 2.28. The topological polar surface area (TPSA) is 76.2 Å². The first kappa shape index (κ1) is 16.5. The molecule has 0 radical (unpaired) electrons. The van der Waals surface area contributed by atoms with Crippen molar-refractivity contribution in [2.24, 2.45) is 0 Å². The van der Waals surface area contributed by atoms with Crippen LogP contribution in [0.3, 0.4) is 0 Å². The molecule has 0 aliphatic carbocycles. The predicted molar refractivity (Wildman–Crippen MR) is 91.5 cm³/mol. The van der Waals surface area contributed by atoms with E-state index in [9.17, 15) is 9.18 Å². The molecule has 7 heteroatoms. The molecule has 0 spiro atoms. The maximum atomic E-state index is 13.0. The molecule has 3 rings (SSSR count). The highest BCUT2D eigenvalue weighted by Gasteiger charge is 2.12. The molecule has 1 aromatic heterocycles. The fraction of sp³-hybridized carbons (Fsp3) is 0.111. The van der Waals surface area contributed by atoms with Crippen molar-refractivity contribution in [1.82, 2.24) is 10.2 Å². The summed E-state index contributed by atoms with van der Waals surface area (Å²) in [6, 6.07) is 12.5. The van der Waals surface area contributed by atoms with E-state index in [2.05, 4.69) is 15.5 Å². The Balaban J connectivity index is 1.79. The van der Waals surface area contributed by atoms with Gasteiger partial charge in [-0.2, -0.15) is 5.10 Å². The van der Waals surface area contributed by atoms with Gasteiger partial charge in [0.05, 0.1) is 19.9 Å². The third-order valence-electron chi connectivity index (χ3n) is 3.57. The van der Waals surface area contributed by atoms with Crippen molar-refractivity contribution in [1.29, 1.82) is 0 Å². The molecule has 1 heterocycles. The SMILES string of the molecule is COc1cc(NC(=O)c2cc(-c3ccc(F)cc3)n[nH]2)cc(OC)c1. The lowest BCUT2D eigenvalue weighted by Crippen LogP contribution is -2.12. The van der Waals surface area contributed by atoms with E-state index < -0.39 is 0 Å². The minimum atomic E-state index is -0.365. The fourth-order valence-electron chi connectivity index (χ4n) is 2.28. The van der Waals surface area contributed by atoms with Gasteiger partial charge in [-0.25, -0.2) is 4.39 Å². The summed E-state index contributed by atoms with van der Waals surface area (Å²) in [4.78, 5) is 12.4. The number of H-pyrrole nitrogens is 1. The van der Waals surface area contributed by atoms with E-state index in [1.165, 1.54) is 26.4 Å². The van der Waals surface area contributed by atoms with Gasteiger partial charge in [-0.05, 0) is 30.3 Å². The van der Waals surface area contributed by atoms with Gasteiger partial charge in [0.2, 0.25) is 0 Å². The standard InChI is InChI=1S/C18H16FN3O3/c1-24-14-7-13(8-15(9-14)25-2)20-18(23)17-10-16(21-22-17)11-3-5-12(19)6-4-11/h3-10H,1-2H3,(H,20,23)(H,21,22). The molecular weight excluding hydrogens is 325 g/mol. The monoisotopic (exact) mass is 341 g/mol. The first-order valence-electron chi connectivity index (χ1n) is 7.45. The van der Waals surface area contributed by atoms with Crippen LogP contribution in [0.25, 0.3) is 11.3 Å². The highest BCUT2D eigenvalue weighted by molar-refractivity contribution is 6.03. The summed E-state index contributed by atoms with van der Waals surface area (Å²) in [5, 5.41) is 9.52. The molecule has 0 unspecified atom stereocenters. The molecule has 0 atom stereocenters. The predicted octanol–water partition coefficient (Wildman–Crippen LogP) is 3.49. The van der Waals surface area contributed by atoms with Gasteiger partial charge in [-0.1, -0.05) is 0 Å². The summed E-state index contributed by atoms with van der Waals surface area (Å²) in [6.45, 7) is 0. The third kappa shape index (κ3) is 3.77. The quantitative estimate of drug-likeness (QED) is 0.745. The summed E-state index contributed by atoms with van der Waals surface area (Å²) in [7, 11) is 3.06. The molecule has 25 heavy (non-hydrogen) atoms. The normalized spacial score (nSPS) is 10.4. The van der Waals surface area contributed by atoms with E-state index >= 15 is 0 Å².